The molecule has 0 fully saturated rings. The number of hydrogen-bond acceptors (Lipinski definition) is 4. The minimum atomic E-state index is -0.306. The summed E-state index contributed by atoms with van der Waals surface area (Å²) in [5, 5.41) is 11.4. The maximum Gasteiger partial charge on any atom is 0.338 e. The van der Waals surface area contributed by atoms with Gasteiger partial charge < -0.3 is 9.94 Å². The van der Waals surface area contributed by atoms with Gasteiger partial charge in [-0.1, -0.05) is 17.3 Å². The topological polar surface area (TPSA) is 58.9 Å². The average molecular weight is 191 g/mol. The number of nitrogens with zero attached hydrogens (tertiary/aromatic N) is 1. The molecule has 4 nitrogen and oxygen atoms in total. The minimum Gasteiger partial charge on any atom is -0.462 e. The molecule has 72 valence electrons. The average Bonchev–Trinajstić information content (AvgIpc) is 2.20. The smallest absolute Gasteiger partial charge is 0.338 e. The van der Waals surface area contributed by atoms with E-state index in [0.717, 1.165) is 11.1 Å². The molecule has 0 amide bonds. The zero-order chi connectivity index (χ0) is 9.97. The van der Waals surface area contributed by atoms with E-state index in [1.165, 1.54) is 6.21 Å². The van der Waals surface area contributed by atoms with Gasteiger partial charge in [-0.3, -0.25) is 0 Å². The van der Waals surface area contributed by atoms with Crippen molar-refractivity contribution in [2.45, 2.75) is 6.42 Å². The van der Waals surface area contributed by atoms with E-state index in [-0.39, 0.29) is 5.97 Å². The zero-order valence-electron chi connectivity index (χ0n) is 7.43. The Hall–Kier alpha value is -1.84. The lowest BCUT2D eigenvalue weighted by atomic mass is 9.97. The van der Waals surface area contributed by atoms with Gasteiger partial charge in [0, 0.05) is 12.0 Å². The molecular formula is C10H9NO3. The predicted octanol–water partition coefficient (Wildman–Crippen LogP) is 1.21. The molecular weight excluding hydrogens is 182 g/mol. The lowest BCUT2D eigenvalue weighted by molar-refractivity contribution is 0.0480. The molecule has 1 heterocycles. The van der Waals surface area contributed by atoms with Crippen LogP contribution in [0.3, 0.4) is 0 Å². The molecule has 2 rings (SSSR count). The van der Waals surface area contributed by atoms with Crippen molar-refractivity contribution in [3.63, 3.8) is 0 Å². The number of hydrogen-bond donors (Lipinski definition) is 1. The first kappa shape index (κ1) is 8.74. The second kappa shape index (κ2) is 3.49. The molecule has 0 saturated heterocycles. The van der Waals surface area contributed by atoms with Gasteiger partial charge in [0.05, 0.1) is 18.4 Å². The van der Waals surface area contributed by atoms with Crippen LogP contribution >= 0.6 is 0 Å². The Kier molecular flexibility index (Phi) is 2.18. The molecule has 4 heteroatoms. The van der Waals surface area contributed by atoms with Gasteiger partial charge in [-0.2, -0.15) is 0 Å². The van der Waals surface area contributed by atoms with Crippen molar-refractivity contribution in [2.24, 2.45) is 5.16 Å². The maximum absolute atomic E-state index is 11.3. The highest BCUT2D eigenvalue weighted by Gasteiger charge is 2.19. The molecule has 14 heavy (non-hydrogen) atoms. The Bertz CT molecular complexity index is 398. The van der Waals surface area contributed by atoms with Crippen LogP contribution in [0.4, 0.5) is 0 Å². The maximum atomic E-state index is 11.3. The summed E-state index contributed by atoms with van der Waals surface area (Å²) in [6.45, 7) is 0.391. The highest BCUT2D eigenvalue weighted by Crippen LogP contribution is 2.19. The van der Waals surface area contributed by atoms with Crippen LogP contribution in [0.1, 0.15) is 21.5 Å². The van der Waals surface area contributed by atoms with Crippen molar-refractivity contribution in [3.05, 3.63) is 34.9 Å². The quantitative estimate of drug-likeness (QED) is 0.314. The first-order valence-electron chi connectivity index (χ1n) is 4.29. The van der Waals surface area contributed by atoms with E-state index in [4.69, 9.17) is 9.94 Å². The highest BCUT2D eigenvalue weighted by atomic mass is 16.5. The van der Waals surface area contributed by atoms with Crippen molar-refractivity contribution in [1.82, 2.24) is 0 Å². The summed E-state index contributed by atoms with van der Waals surface area (Å²) in [5.41, 5.74) is 2.22. The lowest BCUT2D eigenvalue weighted by Crippen LogP contribution is -2.19. The van der Waals surface area contributed by atoms with Gasteiger partial charge in [-0.05, 0) is 11.6 Å². The number of oxime groups is 1. The number of ether oxygens (including phenoxy) is 1. The van der Waals surface area contributed by atoms with E-state index in [1.807, 2.05) is 0 Å². The van der Waals surface area contributed by atoms with Crippen LogP contribution in [0, 0.1) is 0 Å². The van der Waals surface area contributed by atoms with Crippen LogP contribution in [0.5, 0.6) is 0 Å². The molecule has 1 aromatic rings. The third kappa shape index (κ3) is 1.35. The summed E-state index contributed by atoms with van der Waals surface area (Å²) in [6, 6.07) is 5.26. The second-order valence-electron chi connectivity index (χ2n) is 3.00. The molecule has 0 bridgehead atoms. The van der Waals surface area contributed by atoms with Crippen LogP contribution in [0.2, 0.25) is 0 Å². The summed E-state index contributed by atoms with van der Waals surface area (Å²) < 4.78 is 4.89. The number of rotatable bonds is 1. The summed E-state index contributed by atoms with van der Waals surface area (Å²) >= 11 is 0. The lowest BCUT2D eigenvalue weighted by Gasteiger charge is -2.16. The molecule has 1 aromatic carbocycles. The third-order valence-corrected chi connectivity index (χ3v) is 2.21. The zero-order valence-corrected chi connectivity index (χ0v) is 7.43. The van der Waals surface area contributed by atoms with E-state index in [0.29, 0.717) is 18.6 Å². The molecule has 0 unspecified atom stereocenters. The number of esters is 1. The van der Waals surface area contributed by atoms with Gasteiger partial charge in [-0.15, -0.1) is 0 Å². The van der Waals surface area contributed by atoms with Gasteiger partial charge in [0.15, 0.2) is 0 Å². The minimum absolute atomic E-state index is 0.306. The fourth-order valence-corrected chi connectivity index (χ4v) is 1.58. The molecule has 1 N–H and O–H groups in total. The van der Waals surface area contributed by atoms with E-state index >= 15 is 0 Å². The Morgan fingerprint density at radius 3 is 3.14 bits per heavy atom. The van der Waals surface area contributed by atoms with Crippen molar-refractivity contribution in [1.29, 1.82) is 0 Å². The number of carbonyl (C=O) groups excluding carboxylic acids is 1. The molecule has 1 aliphatic heterocycles. The first-order chi connectivity index (χ1) is 6.83. The summed E-state index contributed by atoms with van der Waals surface area (Å²) in [6.07, 6.45) is 2.00. The molecule has 0 spiro atoms. The summed E-state index contributed by atoms with van der Waals surface area (Å²) in [5.74, 6) is -0.306. The standard InChI is InChI=1S/C10H9NO3/c12-10-9-3-1-2-7(6-11-13)8(9)4-5-14-10/h1-3,6,13H,4-5H2/b11-6-. The van der Waals surface area contributed by atoms with Crippen LogP contribution in [-0.4, -0.2) is 24.0 Å². The van der Waals surface area contributed by atoms with E-state index in [1.54, 1.807) is 18.2 Å². The Morgan fingerprint density at radius 2 is 2.36 bits per heavy atom. The number of cyclic esters (lactones) is 1. The van der Waals surface area contributed by atoms with Gasteiger partial charge >= 0.3 is 5.97 Å². The fraction of sp³-hybridized carbons (Fsp3) is 0.200. The second-order valence-corrected chi connectivity index (χ2v) is 3.00. The van der Waals surface area contributed by atoms with E-state index in [2.05, 4.69) is 5.16 Å². The largest absolute Gasteiger partial charge is 0.462 e. The predicted molar refractivity (Wildman–Crippen MR) is 49.8 cm³/mol. The monoisotopic (exact) mass is 191 g/mol. The van der Waals surface area contributed by atoms with Gasteiger partial charge in [-0.25, -0.2) is 4.79 Å². The molecule has 0 atom stereocenters. The molecule has 0 aliphatic carbocycles. The van der Waals surface area contributed by atoms with Gasteiger partial charge in [0.25, 0.3) is 0 Å². The fourth-order valence-electron chi connectivity index (χ4n) is 1.58. The number of carbonyl (C=O) groups is 1. The van der Waals surface area contributed by atoms with Crippen molar-refractivity contribution in [2.75, 3.05) is 6.61 Å². The third-order valence-electron chi connectivity index (χ3n) is 2.21. The van der Waals surface area contributed by atoms with Crippen molar-refractivity contribution in [3.8, 4) is 0 Å². The number of benzene rings is 1. The van der Waals surface area contributed by atoms with Crippen molar-refractivity contribution < 1.29 is 14.7 Å². The van der Waals surface area contributed by atoms with Crippen LogP contribution in [0.25, 0.3) is 0 Å². The summed E-state index contributed by atoms with van der Waals surface area (Å²) in [4.78, 5) is 11.3. The normalized spacial score (nSPS) is 15.3. The molecule has 0 saturated carbocycles. The van der Waals surface area contributed by atoms with E-state index < -0.39 is 0 Å². The Morgan fingerprint density at radius 1 is 1.50 bits per heavy atom. The summed E-state index contributed by atoms with van der Waals surface area (Å²) in [7, 11) is 0. The SMILES string of the molecule is O=C1OCCc2c(/C=N\O)cccc21. The van der Waals surface area contributed by atoms with Gasteiger partial charge in [0.2, 0.25) is 0 Å². The number of fused-ring (bicyclic) bond motifs is 1. The van der Waals surface area contributed by atoms with Gasteiger partial charge in [0.1, 0.15) is 0 Å². The van der Waals surface area contributed by atoms with Crippen LogP contribution in [0.15, 0.2) is 23.4 Å². The first-order valence-corrected chi connectivity index (χ1v) is 4.29. The Balaban J connectivity index is 2.54. The highest BCUT2D eigenvalue weighted by molar-refractivity contribution is 5.95. The van der Waals surface area contributed by atoms with E-state index in [9.17, 15) is 4.79 Å². The van der Waals surface area contributed by atoms with Crippen LogP contribution in [-0.2, 0) is 11.2 Å². The van der Waals surface area contributed by atoms with Crippen LogP contribution < -0.4 is 0 Å². The molecule has 1 aliphatic rings. The van der Waals surface area contributed by atoms with Crippen molar-refractivity contribution >= 4 is 12.2 Å². The molecule has 0 aromatic heterocycles. The molecule has 0 radical (unpaired) electrons. The Labute approximate surface area is 80.8 Å².